The quantitative estimate of drug-likeness (QED) is 0.0209. The maximum Gasteiger partial charge on any atom is 0.0788 e. The van der Waals surface area contributed by atoms with Gasteiger partial charge in [-0.25, -0.2) is 4.99 Å². The lowest BCUT2D eigenvalue weighted by Gasteiger charge is -2.34. The number of rotatable bonds is 37. The molecule has 0 heterocycles. The van der Waals surface area contributed by atoms with Crippen molar-refractivity contribution in [1.29, 1.82) is 0 Å². The minimum Gasteiger partial charge on any atom is -0.247 e. The first kappa shape index (κ1) is 76.2. The van der Waals surface area contributed by atoms with Crippen LogP contribution in [0.2, 0.25) is 0 Å². The van der Waals surface area contributed by atoms with E-state index in [1.807, 2.05) is 0 Å². The SMILES string of the molecule is C=C(C(=Nc1c(/C(=C/C(CCCCCC)=C(\C)c2ccc3c(c2)C(CCCCCCCC)(CCCCCCCC)c2cc(C(C)(C)C)ccc2-3)CCC)ccc(/C(=C/C(CCCCCC)=C(\C)C(C)(C)C)C(C)CC)c1C)c1cccc2ccccc12)c1cccc2ccccc12. The van der Waals surface area contributed by atoms with Crippen LogP contribution in [0.1, 0.15) is 327 Å². The molecule has 1 nitrogen and oxygen atoms in total. The van der Waals surface area contributed by atoms with Crippen molar-refractivity contribution in [3.8, 4) is 11.1 Å². The average molecular weight is 1300 g/mol. The zero-order valence-electron chi connectivity index (χ0n) is 64.2. The Bertz CT molecular complexity index is 3870. The van der Waals surface area contributed by atoms with Gasteiger partial charge in [-0.05, 0) is 194 Å². The fourth-order valence-corrected chi connectivity index (χ4v) is 15.7. The molecule has 0 N–H and O–H groups in total. The van der Waals surface area contributed by atoms with Crippen molar-refractivity contribution in [3.05, 3.63) is 219 Å². The summed E-state index contributed by atoms with van der Waals surface area (Å²) in [6, 6.07) is 51.6. The molecule has 0 fully saturated rings. The third-order valence-electron chi connectivity index (χ3n) is 22.4. The number of fused-ring (bicyclic) bond motifs is 5. The minimum absolute atomic E-state index is 0.0220. The van der Waals surface area contributed by atoms with Crippen molar-refractivity contribution in [2.45, 2.75) is 295 Å². The molecule has 1 aliphatic rings. The van der Waals surface area contributed by atoms with Crippen LogP contribution in [0.4, 0.5) is 5.69 Å². The maximum atomic E-state index is 6.32. The van der Waals surface area contributed by atoms with Gasteiger partial charge in [0.15, 0.2) is 0 Å². The number of aliphatic imine (C=N–C) groups is 1. The molecular weight excluding hydrogens is 1170 g/mol. The van der Waals surface area contributed by atoms with Crippen molar-refractivity contribution < 1.29 is 0 Å². The Labute approximate surface area is 593 Å². The molecule has 8 rings (SSSR count). The van der Waals surface area contributed by atoms with Gasteiger partial charge in [0.2, 0.25) is 0 Å². The molecule has 0 bridgehead atoms. The first-order valence-corrected chi connectivity index (χ1v) is 39.3. The Morgan fingerprint density at radius 1 is 0.485 bits per heavy atom. The second kappa shape index (κ2) is 36.5. The summed E-state index contributed by atoms with van der Waals surface area (Å²) in [6.45, 7) is 43.4. The molecule has 0 aromatic heterocycles. The molecule has 1 atom stereocenters. The van der Waals surface area contributed by atoms with Crippen molar-refractivity contribution in [2.24, 2.45) is 16.3 Å². The van der Waals surface area contributed by atoms with Crippen LogP contribution in [0.15, 0.2) is 174 Å². The Morgan fingerprint density at radius 3 is 1.54 bits per heavy atom. The van der Waals surface area contributed by atoms with Gasteiger partial charge in [0.1, 0.15) is 0 Å². The molecule has 0 spiro atoms. The fourth-order valence-electron chi connectivity index (χ4n) is 15.7. The third kappa shape index (κ3) is 19.1. The first-order valence-electron chi connectivity index (χ1n) is 39.3. The summed E-state index contributed by atoms with van der Waals surface area (Å²) >= 11 is 0. The third-order valence-corrected chi connectivity index (χ3v) is 22.4. The number of hydrogen-bond donors (Lipinski definition) is 0. The molecule has 0 saturated carbocycles. The maximum absolute atomic E-state index is 6.32. The fraction of sp³-hybridized carbons (Fsp3) is 0.490. The zero-order valence-corrected chi connectivity index (χ0v) is 64.2. The average Bonchev–Trinajstić information content (AvgIpc) is 1.57. The zero-order chi connectivity index (χ0) is 69.7. The van der Waals surface area contributed by atoms with Crippen LogP contribution in [-0.2, 0) is 10.8 Å². The van der Waals surface area contributed by atoms with Crippen LogP contribution in [-0.4, -0.2) is 5.71 Å². The van der Waals surface area contributed by atoms with Crippen LogP contribution in [0.5, 0.6) is 0 Å². The van der Waals surface area contributed by atoms with E-state index in [0.717, 1.165) is 66.6 Å². The second-order valence-corrected chi connectivity index (χ2v) is 31.5. The van der Waals surface area contributed by atoms with Crippen LogP contribution < -0.4 is 0 Å². The number of allylic oxidation sites excluding steroid dienone is 9. The highest BCUT2D eigenvalue weighted by Gasteiger charge is 2.43. The van der Waals surface area contributed by atoms with E-state index in [1.54, 1.807) is 11.1 Å². The standard InChI is InChI=1S/C96H129N/c1-18-24-28-32-34-42-63-96(64-43-35-33-29-25-19-2)90-67-77(57-59-86(90)87-60-58-80(68-91(87)96)95(15,16)17)70(8)76(49-36-30-26-20-3)65-79(46-22-5)85-62-61-82(89(69(7)23-6)66-78(50-37-31-27-21-4)73(11)94(12,13)14)72(10)92(85)97-93(88-56-45-52-75-48-39-41-54-84(75)88)71(9)81-55-44-51-74-47-38-40-53-83(74)81/h38-41,44-45,47-48,51-62,65-69H,9,18-37,42-43,46,49-50,63-64H2,1-8,10-17H3/b76-70+,78-73+,79-65+,89-66+,97-93?. The van der Waals surface area contributed by atoms with E-state index in [1.165, 1.54) is 229 Å². The minimum atomic E-state index is -0.0220. The van der Waals surface area contributed by atoms with E-state index in [9.17, 15) is 0 Å². The molecule has 7 aromatic rings. The van der Waals surface area contributed by atoms with Crippen molar-refractivity contribution in [1.82, 2.24) is 0 Å². The largest absolute Gasteiger partial charge is 0.247 e. The van der Waals surface area contributed by atoms with Crippen LogP contribution >= 0.6 is 0 Å². The van der Waals surface area contributed by atoms with Gasteiger partial charge in [-0.2, -0.15) is 0 Å². The second-order valence-electron chi connectivity index (χ2n) is 31.5. The summed E-state index contributed by atoms with van der Waals surface area (Å²) in [5.41, 5.74) is 26.6. The lowest BCUT2D eigenvalue weighted by molar-refractivity contribution is 0.397. The van der Waals surface area contributed by atoms with Gasteiger partial charge >= 0.3 is 0 Å². The number of benzene rings is 7. The van der Waals surface area contributed by atoms with Crippen molar-refractivity contribution >= 4 is 55.2 Å². The Morgan fingerprint density at radius 2 is 0.979 bits per heavy atom. The van der Waals surface area contributed by atoms with E-state index in [0.29, 0.717) is 5.92 Å². The first-order chi connectivity index (χ1) is 46.8. The summed E-state index contributed by atoms with van der Waals surface area (Å²) in [4.78, 5) is 6.32. The van der Waals surface area contributed by atoms with Gasteiger partial charge in [0, 0.05) is 22.1 Å². The molecule has 97 heavy (non-hydrogen) atoms. The van der Waals surface area contributed by atoms with Gasteiger partial charge in [-0.15, -0.1) is 0 Å². The Hall–Kier alpha value is -6.57. The Balaban J connectivity index is 1.43. The van der Waals surface area contributed by atoms with Gasteiger partial charge in [0.25, 0.3) is 0 Å². The molecule has 7 aromatic carbocycles. The molecule has 0 radical (unpaired) electrons. The molecule has 1 unspecified atom stereocenters. The van der Waals surface area contributed by atoms with E-state index < -0.39 is 0 Å². The summed E-state index contributed by atoms with van der Waals surface area (Å²) in [6.07, 6.45) is 38.5. The van der Waals surface area contributed by atoms with Gasteiger partial charge in [-0.3, -0.25) is 0 Å². The number of unbranched alkanes of at least 4 members (excludes halogenated alkanes) is 16. The van der Waals surface area contributed by atoms with E-state index in [2.05, 4.69) is 256 Å². The van der Waals surface area contributed by atoms with Gasteiger partial charge < -0.3 is 0 Å². The lowest BCUT2D eigenvalue weighted by Crippen LogP contribution is -2.26. The predicted octanol–water partition coefficient (Wildman–Crippen LogP) is 30.6. The normalized spacial score (nSPS) is 14.5. The molecule has 518 valence electrons. The molecule has 0 saturated heterocycles. The molecule has 1 heteroatoms. The van der Waals surface area contributed by atoms with Gasteiger partial charge in [0.05, 0.1) is 11.4 Å². The monoisotopic (exact) mass is 1300 g/mol. The molecule has 0 amide bonds. The van der Waals surface area contributed by atoms with Crippen LogP contribution in [0.3, 0.4) is 0 Å². The topological polar surface area (TPSA) is 12.4 Å². The highest BCUT2D eigenvalue weighted by Crippen LogP contribution is 2.56. The molecule has 0 aliphatic heterocycles. The molecule has 1 aliphatic carbocycles. The van der Waals surface area contributed by atoms with Crippen molar-refractivity contribution in [3.63, 3.8) is 0 Å². The summed E-state index contributed by atoms with van der Waals surface area (Å²) in [5, 5.41) is 4.78. The van der Waals surface area contributed by atoms with E-state index >= 15 is 0 Å². The molecular formula is C96H129N. The summed E-state index contributed by atoms with van der Waals surface area (Å²) < 4.78 is 0. The van der Waals surface area contributed by atoms with E-state index in [4.69, 9.17) is 11.6 Å². The van der Waals surface area contributed by atoms with Crippen LogP contribution in [0, 0.1) is 18.3 Å². The summed E-state index contributed by atoms with van der Waals surface area (Å²) in [5.74, 6) is 0.324. The lowest BCUT2D eigenvalue weighted by atomic mass is 9.69. The van der Waals surface area contributed by atoms with Crippen molar-refractivity contribution in [2.75, 3.05) is 0 Å². The van der Waals surface area contributed by atoms with E-state index in [-0.39, 0.29) is 16.2 Å². The highest BCUT2D eigenvalue weighted by atomic mass is 14.8. The number of nitrogens with zero attached hydrogens (tertiary/aromatic N) is 1. The van der Waals surface area contributed by atoms with Gasteiger partial charge in [-0.1, -0.05) is 364 Å². The smallest absolute Gasteiger partial charge is 0.0788 e. The van der Waals surface area contributed by atoms with Crippen LogP contribution in [0.25, 0.3) is 55.0 Å². The Kier molecular flexibility index (Phi) is 28.7. The number of hydrogen-bond acceptors (Lipinski definition) is 1. The predicted molar refractivity (Wildman–Crippen MR) is 434 cm³/mol. The highest BCUT2D eigenvalue weighted by molar-refractivity contribution is 6.36. The summed E-state index contributed by atoms with van der Waals surface area (Å²) in [7, 11) is 0.